The molecule has 3 rings (SSSR count). The first kappa shape index (κ1) is 14.5. The Balaban J connectivity index is 1.62. The van der Waals surface area contributed by atoms with Crippen molar-refractivity contribution in [2.45, 2.75) is 18.4 Å². The summed E-state index contributed by atoms with van der Waals surface area (Å²) in [5.74, 6) is -0.102. The van der Waals surface area contributed by atoms with Crippen LogP contribution in [0.15, 0.2) is 24.3 Å². The molecule has 0 radical (unpaired) electrons. The van der Waals surface area contributed by atoms with Crippen molar-refractivity contribution in [1.29, 1.82) is 0 Å². The molecule has 0 atom stereocenters. The zero-order chi connectivity index (χ0) is 15.6. The van der Waals surface area contributed by atoms with Crippen LogP contribution in [0.5, 0.6) is 0 Å². The molecule has 2 fully saturated rings. The van der Waals surface area contributed by atoms with Gasteiger partial charge in [-0.1, -0.05) is 24.3 Å². The monoisotopic (exact) mass is 299 g/mol. The normalized spacial score (nSPS) is 20.3. The van der Waals surface area contributed by atoms with Crippen molar-refractivity contribution in [3.63, 3.8) is 0 Å². The Morgan fingerprint density at radius 1 is 1.27 bits per heavy atom. The number of nitrogens with zero attached hydrogens (tertiary/aromatic N) is 2. The first-order valence-corrected chi connectivity index (χ1v) is 7.29. The van der Waals surface area contributed by atoms with Crippen molar-refractivity contribution in [1.82, 2.24) is 10.2 Å². The minimum absolute atomic E-state index is 0.0220. The first-order chi connectivity index (χ1) is 10.6. The molecule has 0 saturated carbocycles. The molecule has 2 heterocycles. The second-order valence-corrected chi connectivity index (χ2v) is 5.70. The van der Waals surface area contributed by atoms with E-state index in [-0.39, 0.29) is 24.0 Å². The zero-order valence-electron chi connectivity index (χ0n) is 12.2. The van der Waals surface area contributed by atoms with Crippen LogP contribution < -0.4 is 5.32 Å². The Hall–Kier alpha value is -2.39. The molecule has 2 aliphatic heterocycles. The van der Waals surface area contributed by atoms with Crippen LogP contribution in [0, 0.1) is 6.57 Å². The van der Waals surface area contributed by atoms with Gasteiger partial charge in [0.1, 0.15) is 6.61 Å². The number of nitrogens with one attached hydrogen (secondary N) is 1. The van der Waals surface area contributed by atoms with E-state index in [0.29, 0.717) is 30.9 Å². The largest absolute Gasteiger partial charge is 0.363 e. The lowest BCUT2D eigenvalue weighted by molar-refractivity contribution is -0.149. The average Bonchev–Trinajstić information content (AvgIpc) is 2.58. The number of likely N-dealkylation sites (tertiary alicyclic amines) is 1. The summed E-state index contributed by atoms with van der Waals surface area (Å²) in [7, 11) is 0. The summed E-state index contributed by atoms with van der Waals surface area (Å²) in [5, 5.41) is 2.84. The summed E-state index contributed by atoms with van der Waals surface area (Å²) in [4.78, 5) is 28.8. The molecule has 2 aliphatic rings. The highest BCUT2D eigenvalue weighted by molar-refractivity contribution is 5.94. The van der Waals surface area contributed by atoms with Crippen molar-refractivity contribution in [3.8, 4) is 0 Å². The maximum absolute atomic E-state index is 12.5. The number of benzene rings is 1. The van der Waals surface area contributed by atoms with Gasteiger partial charge in [-0.05, 0) is 12.8 Å². The number of rotatable bonds is 1. The molecule has 6 heteroatoms. The van der Waals surface area contributed by atoms with E-state index < -0.39 is 0 Å². The number of morpholine rings is 1. The molecule has 1 N–H and O–H groups in total. The molecule has 0 aromatic heterocycles. The van der Waals surface area contributed by atoms with Gasteiger partial charge >= 0.3 is 0 Å². The molecule has 0 bridgehead atoms. The van der Waals surface area contributed by atoms with E-state index in [1.54, 1.807) is 29.2 Å². The van der Waals surface area contributed by atoms with Gasteiger partial charge in [0.2, 0.25) is 5.91 Å². The van der Waals surface area contributed by atoms with Gasteiger partial charge in [0.05, 0.1) is 12.2 Å². The second-order valence-electron chi connectivity index (χ2n) is 5.70. The lowest BCUT2D eigenvalue weighted by Crippen LogP contribution is -2.58. The molecule has 114 valence electrons. The van der Waals surface area contributed by atoms with E-state index in [9.17, 15) is 9.59 Å². The van der Waals surface area contributed by atoms with Crippen LogP contribution in [0.1, 0.15) is 23.2 Å². The fourth-order valence-electron chi connectivity index (χ4n) is 2.88. The molecular weight excluding hydrogens is 282 g/mol. The number of hydrogen-bond donors (Lipinski definition) is 1. The Morgan fingerprint density at radius 3 is 2.50 bits per heavy atom. The maximum Gasteiger partial charge on any atom is 0.253 e. The number of amides is 2. The highest BCUT2D eigenvalue weighted by Gasteiger charge is 2.39. The highest BCUT2D eigenvalue weighted by Crippen LogP contribution is 2.28. The smallest absolute Gasteiger partial charge is 0.253 e. The second kappa shape index (κ2) is 5.78. The third-order valence-electron chi connectivity index (χ3n) is 4.32. The summed E-state index contributed by atoms with van der Waals surface area (Å²) >= 11 is 0. The van der Waals surface area contributed by atoms with Crippen LogP contribution in [0.3, 0.4) is 0 Å². The Labute approximate surface area is 128 Å². The predicted molar refractivity (Wildman–Crippen MR) is 79.5 cm³/mol. The molecule has 0 aliphatic carbocycles. The minimum Gasteiger partial charge on any atom is -0.363 e. The lowest BCUT2D eigenvalue weighted by atomic mass is 9.89. The van der Waals surface area contributed by atoms with Crippen molar-refractivity contribution in [2.75, 3.05) is 26.2 Å². The number of piperidine rings is 1. The van der Waals surface area contributed by atoms with Gasteiger partial charge in [0.15, 0.2) is 5.69 Å². The van der Waals surface area contributed by atoms with Gasteiger partial charge in [-0.2, -0.15) is 0 Å². The Kier molecular flexibility index (Phi) is 3.82. The van der Waals surface area contributed by atoms with Crippen molar-refractivity contribution in [2.24, 2.45) is 0 Å². The molecule has 1 spiro atoms. The summed E-state index contributed by atoms with van der Waals surface area (Å²) in [6, 6.07) is 6.70. The number of hydrogen-bond acceptors (Lipinski definition) is 3. The predicted octanol–water partition coefficient (Wildman–Crippen LogP) is 1.36. The lowest BCUT2D eigenvalue weighted by Gasteiger charge is -2.43. The summed E-state index contributed by atoms with van der Waals surface area (Å²) in [6.07, 6.45) is 1.44. The maximum atomic E-state index is 12.5. The Bertz CT molecular complexity index is 613. The van der Waals surface area contributed by atoms with Crippen LogP contribution >= 0.6 is 0 Å². The van der Waals surface area contributed by atoms with Crippen molar-refractivity contribution in [3.05, 3.63) is 41.2 Å². The van der Waals surface area contributed by atoms with E-state index >= 15 is 0 Å². The fraction of sp³-hybridized carbons (Fsp3) is 0.438. The van der Waals surface area contributed by atoms with Gasteiger partial charge in [0, 0.05) is 25.2 Å². The van der Waals surface area contributed by atoms with Crippen LogP contribution in [0.4, 0.5) is 5.69 Å². The van der Waals surface area contributed by atoms with E-state index in [1.807, 2.05) is 0 Å². The van der Waals surface area contributed by atoms with E-state index in [2.05, 4.69) is 10.2 Å². The van der Waals surface area contributed by atoms with Gasteiger partial charge in [-0.3, -0.25) is 9.59 Å². The van der Waals surface area contributed by atoms with Crippen LogP contribution in [0.2, 0.25) is 0 Å². The van der Waals surface area contributed by atoms with Crippen molar-refractivity contribution >= 4 is 17.5 Å². The summed E-state index contributed by atoms with van der Waals surface area (Å²) in [6.45, 7) is 8.77. The third kappa shape index (κ3) is 2.81. The summed E-state index contributed by atoms with van der Waals surface area (Å²) < 4.78 is 5.70. The molecule has 1 aromatic carbocycles. The number of ether oxygens (including phenoxy) is 1. The minimum atomic E-state index is -0.321. The molecule has 1 aromatic rings. The Morgan fingerprint density at radius 2 is 1.95 bits per heavy atom. The molecular formula is C16H17N3O3. The number of carbonyl (C=O) groups is 2. The van der Waals surface area contributed by atoms with Gasteiger partial charge in [-0.15, -0.1) is 0 Å². The zero-order valence-corrected chi connectivity index (χ0v) is 12.2. The topological polar surface area (TPSA) is 63.0 Å². The third-order valence-corrected chi connectivity index (χ3v) is 4.32. The van der Waals surface area contributed by atoms with E-state index in [4.69, 9.17) is 11.3 Å². The van der Waals surface area contributed by atoms with Gasteiger partial charge < -0.3 is 15.0 Å². The average molecular weight is 299 g/mol. The SMILES string of the molecule is [C-]#[N+]c1ccc(C(=O)N2CCC3(CC2)CNC(=O)CO3)cc1. The molecule has 22 heavy (non-hydrogen) atoms. The van der Waals surface area contributed by atoms with Gasteiger partial charge in [0.25, 0.3) is 5.91 Å². The van der Waals surface area contributed by atoms with Crippen LogP contribution in [-0.4, -0.2) is 48.6 Å². The standard InChI is InChI=1S/C16H17N3O3/c1-17-13-4-2-12(3-5-13)15(21)19-8-6-16(7-9-19)11-18-14(20)10-22-16/h2-5H,6-11H2,(H,18,20). The van der Waals surface area contributed by atoms with Crippen molar-refractivity contribution < 1.29 is 14.3 Å². The molecule has 0 unspecified atom stereocenters. The van der Waals surface area contributed by atoms with Gasteiger partial charge in [-0.25, -0.2) is 4.85 Å². The van der Waals surface area contributed by atoms with E-state index in [1.165, 1.54) is 0 Å². The first-order valence-electron chi connectivity index (χ1n) is 7.29. The van der Waals surface area contributed by atoms with Crippen LogP contribution in [0.25, 0.3) is 4.85 Å². The van der Waals surface area contributed by atoms with Crippen LogP contribution in [-0.2, 0) is 9.53 Å². The molecule has 2 saturated heterocycles. The summed E-state index contributed by atoms with van der Waals surface area (Å²) in [5.41, 5.74) is 0.806. The highest BCUT2D eigenvalue weighted by atomic mass is 16.5. The quantitative estimate of drug-likeness (QED) is 0.796. The molecule has 6 nitrogen and oxygen atoms in total. The molecule has 2 amide bonds. The number of carbonyl (C=O) groups excluding carboxylic acids is 2. The fourth-order valence-corrected chi connectivity index (χ4v) is 2.88. The van der Waals surface area contributed by atoms with E-state index in [0.717, 1.165) is 12.8 Å².